The number of rotatable bonds is 5. The van der Waals surface area contributed by atoms with Crippen LogP contribution < -0.4 is 10.1 Å². The maximum atomic E-state index is 13.8. The topological polar surface area (TPSA) is 64.6 Å². The summed E-state index contributed by atoms with van der Waals surface area (Å²) in [4.78, 5) is 23.9. The first-order valence-corrected chi connectivity index (χ1v) is 7.23. The summed E-state index contributed by atoms with van der Waals surface area (Å²) in [6.07, 6.45) is -1.46. The van der Waals surface area contributed by atoms with E-state index < -0.39 is 52.5 Å². The Balaban J connectivity index is 2.07. The molecule has 0 aliphatic carbocycles. The number of halogens is 4. The van der Waals surface area contributed by atoms with E-state index in [2.05, 4.69) is 0 Å². The number of hydrogen-bond acceptors (Lipinski definition) is 4. The Morgan fingerprint density at radius 3 is 2.31 bits per heavy atom. The van der Waals surface area contributed by atoms with Crippen LogP contribution in [0.2, 0.25) is 0 Å². The summed E-state index contributed by atoms with van der Waals surface area (Å²) in [6.45, 7) is 1.15. The van der Waals surface area contributed by atoms with Crippen molar-refractivity contribution in [2.75, 3.05) is 12.4 Å². The maximum absolute atomic E-state index is 13.8. The normalized spacial score (nSPS) is 11.6. The van der Waals surface area contributed by atoms with E-state index in [0.29, 0.717) is 6.07 Å². The highest BCUT2D eigenvalue weighted by atomic mass is 19.2. The molecule has 0 aromatic heterocycles. The molecule has 1 N–H and O–H groups in total. The molecule has 0 saturated heterocycles. The largest absolute Gasteiger partial charge is 0.497 e. The number of nitrogens with one attached hydrogen (secondary N) is 1. The van der Waals surface area contributed by atoms with Crippen molar-refractivity contribution in [3.63, 3.8) is 0 Å². The van der Waals surface area contributed by atoms with E-state index in [4.69, 9.17) is 9.47 Å². The van der Waals surface area contributed by atoms with Crippen molar-refractivity contribution in [2.24, 2.45) is 0 Å². The second-order valence-corrected chi connectivity index (χ2v) is 5.11. The zero-order valence-corrected chi connectivity index (χ0v) is 13.6. The van der Waals surface area contributed by atoms with E-state index in [-0.39, 0.29) is 5.75 Å². The number of amides is 1. The van der Waals surface area contributed by atoms with Crippen LogP contribution in [0.3, 0.4) is 0 Å². The second-order valence-electron chi connectivity index (χ2n) is 5.11. The van der Waals surface area contributed by atoms with Gasteiger partial charge in [-0.25, -0.2) is 22.4 Å². The minimum Gasteiger partial charge on any atom is -0.497 e. The number of carbonyl (C=O) groups excluding carboxylic acids is 2. The van der Waals surface area contributed by atoms with Crippen LogP contribution in [-0.4, -0.2) is 25.1 Å². The van der Waals surface area contributed by atoms with E-state index in [1.54, 1.807) is 0 Å². The van der Waals surface area contributed by atoms with Crippen LogP contribution in [0.4, 0.5) is 23.2 Å². The highest BCUT2D eigenvalue weighted by molar-refractivity contribution is 5.97. The van der Waals surface area contributed by atoms with Crippen molar-refractivity contribution in [1.29, 1.82) is 0 Å². The van der Waals surface area contributed by atoms with Crippen molar-refractivity contribution in [3.05, 3.63) is 59.2 Å². The van der Waals surface area contributed by atoms with Crippen LogP contribution in [0.25, 0.3) is 0 Å². The molecule has 0 aliphatic rings. The van der Waals surface area contributed by atoms with Gasteiger partial charge in [0, 0.05) is 6.07 Å². The first-order valence-electron chi connectivity index (χ1n) is 7.23. The van der Waals surface area contributed by atoms with E-state index in [1.165, 1.54) is 13.2 Å². The molecular weight excluding hydrogens is 358 g/mol. The Kier molecular flexibility index (Phi) is 5.81. The van der Waals surface area contributed by atoms with Crippen molar-refractivity contribution < 1.29 is 36.6 Å². The average Bonchev–Trinajstić information content (AvgIpc) is 2.61. The molecule has 26 heavy (non-hydrogen) atoms. The summed E-state index contributed by atoms with van der Waals surface area (Å²) in [5.74, 6) is -7.68. The number of hydrogen-bond donors (Lipinski definition) is 1. The van der Waals surface area contributed by atoms with Gasteiger partial charge in [0.25, 0.3) is 5.91 Å². The van der Waals surface area contributed by atoms with Crippen molar-refractivity contribution >= 4 is 17.6 Å². The zero-order valence-electron chi connectivity index (χ0n) is 13.6. The molecule has 2 aromatic rings. The van der Waals surface area contributed by atoms with Crippen LogP contribution in [0.1, 0.15) is 17.3 Å². The van der Waals surface area contributed by atoms with E-state index in [1.807, 2.05) is 5.32 Å². The van der Waals surface area contributed by atoms with E-state index in [9.17, 15) is 27.2 Å². The Bertz CT molecular complexity index is 857. The molecular formula is C17H13F4NO4. The lowest BCUT2D eigenvalue weighted by atomic mass is 10.2. The van der Waals surface area contributed by atoms with Gasteiger partial charge in [0.15, 0.2) is 23.6 Å². The smallest absolute Gasteiger partial charge is 0.341 e. The molecule has 0 fully saturated rings. The highest BCUT2D eigenvalue weighted by Gasteiger charge is 2.23. The van der Waals surface area contributed by atoms with Gasteiger partial charge in [-0.15, -0.1) is 0 Å². The average molecular weight is 371 g/mol. The van der Waals surface area contributed by atoms with Crippen molar-refractivity contribution in [3.8, 4) is 5.75 Å². The first-order chi connectivity index (χ1) is 12.2. The quantitative estimate of drug-likeness (QED) is 0.497. The number of benzene rings is 2. The lowest BCUT2D eigenvalue weighted by Gasteiger charge is -2.14. The van der Waals surface area contributed by atoms with Gasteiger partial charge < -0.3 is 14.8 Å². The van der Waals surface area contributed by atoms with Crippen LogP contribution >= 0.6 is 0 Å². The molecule has 2 aromatic carbocycles. The molecule has 0 bridgehead atoms. The highest BCUT2D eigenvalue weighted by Crippen LogP contribution is 2.21. The number of esters is 1. The molecule has 1 amide bonds. The second kappa shape index (κ2) is 7.85. The van der Waals surface area contributed by atoms with E-state index in [0.717, 1.165) is 25.1 Å². The Morgan fingerprint density at radius 2 is 1.69 bits per heavy atom. The minimum atomic E-state index is -1.76. The lowest BCUT2D eigenvalue weighted by molar-refractivity contribution is -0.123. The molecule has 138 valence electrons. The summed E-state index contributed by atoms with van der Waals surface area (Å²) in [7, 11) is 1.32. The standard InChI is InChI=1S/C17H13F4NO4/c1-8(16(23)22-13-6-5-11(18)14(20)15(13)21)26-17(24)10-4-3-9(25-2)7-12(10)19/h3-8H,1-2H3,(H,22,23)/t8-/m1/s1. The van der Waals surface area contributed by atoms with Gasteiger partial charge in [-0.05, 0) is 31.2 Å². The summed E-state index contributed by atoms with van der Waals surface area (Å²) in [6, 6.07) is 4.82. The third-order valence-electron chi connectivity index (χ3n) is 3.34. The molecule has 1 atom stereocenters. The first kappa shape index (κ1) is 19.2. The van der Waals surface area contributed by atoms with Crippen molar-refractivity contribution in [1.82, 2.24) is 0 Å². The van der Waals surface area contributed by atoms with Crippen LogP contribution in [0, 0.1) is 23.3 Å². The third kappa shape index (κ3) is 4.11. The van der Waals surface area contributed by atoms with Crippen LogP contribution in [0.15, 0.2) is 30.3 Å². The molecule has 0 radical (unpaired) electrons. The van der Waals surface area contributed by atoms with Gasteiger partial charge in [-0.3, -0.25) is 4.79 Å². The monoisotopic (exact) mass is 371 g/mol. The molecule has 2 rings (SSSR count). The van der Waals surface area contributed by atoms with Gasteiger partial charge in [0.05, 0.1) is 18.4 Å². The van der Waals surface area contributed by atoms with Crippen molar-refractivity contribution in [2.45, 2.75) is 13.0 Å². The Morgan fingerprint density at radius 1 is 1.00 bits per heavy atom. The molecule has 9 heteroatoms. The predicted molar refractivity (Wildman–Crippen MR) is 82.8 cm³/mol. The van der Waals surface area contributed by atoms with Gasteiger partial charge in [0.1, 0.15) is 11.6 Å². The van der Waals surface area contributed by atoms with Crippen LogP contribution in [0.5, 0.6) is 5.75 Å². The fourth-order valence-corrected chi connectivity index (χ4v) is 1.92. The molecule has 0 heterocycles. The number of methoxy groups -OCH3 is 1. The molecule has 0 aliphatic heterocycles. The molecule has 5 nitrogen and oxygen atoms in total. The van der Waals surface area contributed by atoms with Gasteiger partial charge in [-0.2, -0.15) is 0 Å². The molecule has 0 unspecified atom stereocenters. The van der Waals surface area contributed by atoms with Gasteiger partial charge in [-0.1, -0.05) is 0 Å². The predicted octanol–water partition coefficient (Wildman–Crippen LogP) is 3.44. The zero-order chi connectivity index (χ0) is 19.4. The molecule has 0 spiro atoms. The fraction of sp³-hybridized carbons (Fsp3) is 0.176. The van der Waals surface area contributed by atoms with E-state index >= 15 is 0 Å². The fourth-order valence-electron chi connectivity index (χ4n) is 1.92. The summed E-state index contributed by atoms with van der Waals surface area (Å²) in [5.41, 5.74) is -1.07. The number of carbonyl (C=O) groups is 2. The van der Waals surface area contributed by atoms with Gasteiger partial charge in [0.2, 0.25) is 0 Å². The lowest BCUT2D eigenvalue weighted by Crippen LogP contribution is -2.30. The third-order valence-corrected chi connectivity index (χ3v) is 3.34. The summed E-state index contributed by atoms with van der Waals surface area (Å²) in [5, 5.41) is 1.96. The number of ether oxygens (including phenoxy) is 2. The van der Waals surface area contributed by atoms with Crippen LogP contribution in [-0.2, 0) is 9.53 Å². The van der Waals surface area contributed by atoms with Gasteiger partial charge >= 0.3 is 5.97 Å². The number of anilines is 1. The minimum absolute atomic E-state index is 0.179. The Hall–Kier alpha value is -3.10. The SMILES string of the molecule is COc1ccc(C(=O)O[C@H](C)C(=O)Nc2ccc(F)c(F)c2F)c(F)c1. The maximum Gasteiger partial charge on any atom is 0.341 e. The summed E-state index contributed by atoms with van der Waals surface area (Å²) >= 11 is 0. The molecule has 0 saturated carbocycles. The summed E-state index contributed by atoms with van der Waals surface area (Å²) < 4.78 is 63.0. The Labute approximate surface area is 145 Å².